The van der Waals surface area contributed by atoms with Gasteiger partial charge in [0.1, 0.15) is 5.82 Å². The minimum Gasteiger partial charge on any atom is -0.454 e. The molecule has 0 amide bonds. The van der Waals surface area contributed by atoms with Gasteiger partial charge in [-0.05, 0) is 18.2 Å². The molecule has 94 valence electrons. The van der Waals surface area contributed by atoms with Gasteiger partial charge in [0.2, 0.25) is 6.79 Å². The van der Waals surface area contributed by atoms with Gasteiger partial charge < -0.3 is 19.1 Å². The second-order valence-corrected chi connectivity index (χ2v) is 4.19. The number of hydrogen-bond donors (Lipinski definition) is 1. The molecule has 1 aliphatic heterocycles. The lowest BCUT2D eigenvalue weighted by molar-refractivity contribution is 0.174. The van der Waals surface area contributed by atoms with E-state index < -0.39 is 0 Å². The molecule has 18 heavy (non-hydrogen) atoms. The standard InChI is InChI=1S/C13H14N2O3/c1-15-7-10(14-13(15)4-5-16)9-2-3-11-12(6-9)18-8-17-11/h2-3,6-7,16H,4-5,8H2,1H3. The molecule has 0 bridgehead atoms. The molecule has 3 rings (SSSR count). The van der Waals surface area contributed by atoms with Gasteiger partial charge in [-0.2, -0.15) is 0 Å². The Morgan fingerprint density at radius 3 is 3.00 bits per heavy atom. The van der Waals surface area contributed by atoms with Crippen molar-refractivity contribution in [3.05, 3.63) is 30.2 Å². The molecule has 1 N–H and O–H groups in total. The number of aliphatic hydroxyl groups excluding tert-OH is 1. The van der Waals surface area contributed by atoms with Gasteiger partial charge in [-0.15, -0.1) is 0 Å². The molecule has 0 unspecified atom stereocenters. The Labute approximate surface area is 105 Å². The van der Waals surface area contributed by atoms with E-state index in [4.69, 9.17) is 14.6 Å². The van der Waals surface area contributed by atoms with Gasteiger partial charge in [-0.1, -0.05) is 0 Å². The zero-order valence-corrected chi connectivity index (χ0v) is 10.1. The Bertz CT molecular complexity index is 578. The van der Waals surface area contributed by atoms with E-state index in [-0.39, 0.29) is 13.4 Å². The van der Waals surface area contributed by atoms with Crippen LogP contribution in [0.2, 0.25) is 0 Å². The first-order chi connectivity index (χ1) is 8.78. The van der Waals surface area contributed by atoms with E-state index in [9.17, 15) is 0 Å². The average Bonchev–Trinajstić information content (AvgIpc) is 2.96. The molecule has 0 saturated heterocycles. The van der Waals surface area contributed by atoms with Crippen molar-refractivity contribution in [1.82, 2.24) is 9.55 Å². The normalized spacial score (nSPS) is 13.0. The number of ether oxygens (including phenoxy) is 2. The number of aromatic nitrogens is 2. The smallest absolute Gasteiger partial charge is 0.231 e. The predicted octanol–water partition coefficient (Wildman–Crippen LogP) is 1.35. The maximum absolute atomic E-state index is 8.96. The Balaban J connectivity index is 1.97. The lowest BCUT2D eigenvalue weighted by Gasteiger charge is -1.99. The van der Waals surface area contributed by atoms with Crippen LogP contribution in [0.15, 0.2) is 24.4 Å². The first kappa shape index (κ1) is 11.1. The van der Waals surface area contributed by atoms with Crippen LogP contribution in [-0.2, 0) is 13.5 Å². The molecular formula is C13H14N2O3. The number of benzene rings is 1. The van der Waals surface area contributed by atoms with Crippen molar-refractivity contribution in [3.8, 4) is 22.8 Å². The lowest BCUT2D eigenvalue weighted by atomic mass is 10.1. The molecule has 0 fully saturated rings. The summed E-state index contributed by atoms with van der Waals surface area (Å²) in [5, 5.41) is 8.96. The third-order valence-corrected chi connectivity index (χ3v) is 2.98. The van der Waals surface area contributed by atoms with Crippen molar-refractivity contribution in [2.75, 3.05) is 13.4 Å². The van der Waals surface area contributed by atoms with E-state index in [1.807, 2.05) is 36.0 Å². The second-order valence-electron chi connectivity index (χ2n) is 4.19. The SMILES string of the molecule is Cn1cc(-c2ccc3c(c2)OCO3)nc1CCO. The van der Waals surface area contributed by atoms with Crippen LogP contribution in [0.1, 0.15) is 5.82 Å². The highest BCUT2D eigenvalue weighted by Gasteiger charge is 2.15. The van der Waals surface area contributed by atoms with Crippen LogP contribution in [0.4, 0.5) is 0 Å². The van der Waals surface area contributed by atoms with E-state index in [2.05, 4.69) is 4.98 Å². The minimum atomic E-state index is 0.103. The zero-order chi connectivity index (χ0) is 12.5. The summed E-state index contributed by atoms with van der Waals surface area (Å²) < 4.78 is 12.6. The lowest BCUT2D eigenvalue weighted by Crippen LogP contribution is -1.99. The van der Waals surface area contributed by atoms with Crippen molar-refractivity contribution in [1.29, 1.82) is 0 Å². The largest absolute Gasteiger partial charge is 0.454 e. The summed E-state index contributed by atoms with van der Waals surface area (Å²) in [5.74, 6) is 2.39. The molecule has 0 aliphatic carbocycles. The molecule has 0 spiro atoms. The molecule has 0 saturated carbocycles. The van der Waals surface area contributed by atoms with Crippen molar-refractivity contribution >= 4 is 0 Å². The quantitative estimate of drug-likeness (QED) is 0.888. The maximum atomic E-state index is 8.96. The van der Waals surface area contributed by atoms with Crippen molar-refractivity contribution in [3.63, 3.8) is 0 Å². The van der Waals surface area contributed by atoms with Crippen LogP contribution >= 0.6 is 0 Å². The fourth-order valence-corrected chi connectivity index (χ4v) is 2.03. The summed E-state index contributed by atoms with van der Waals surface area (Å²) in [4.78, 5) is 4.50. The fourth-order valence-electron chi connectivity index (χ4n) is 2.03. The molecule has 1 aromatic carbocycles. The van der Waals surface area contributed by atoms with Crippen LogP contribution in [0, 0.1) is 0 Å². The zero-order valence-electron chi connectivity index (χ0n) is 10.1. The van der Waals surface area contributed by atoms with Crippen LogP contribution in [0.25, 0.3) is 11.3 Å². The molecule has 2 aromatic rings. The molecule has 1 aromatic heterocycles. The first-order valence-electron chi connectivity index (χ1n) is 5.81. The van der Waals surface area contributed by atoms with Gasteiger partial charge in [0.25, 0.3) is 0 Å². The first-order valence-corrected chi connectivity index (χ1v) is 5.81. The summed E-state index contributed by atoms with van der Waals surface area (Å²) in [5.41, 5.74) is 1.86. The third kappa shape index (κ3) is 1.82. The summed E-state index contributed by atoms with van der Waals surface area (Å²) in [6, 6.07) is 5.77. The molecular weight excluding hydrogens is 232 g/mol. The predicted molar refractivity (Wildman–Crippen MR) is 65.6 cm³/mol. The Kier molecular flexibility index (Phi) is 2.68. The minimum absolute atomic E-state index is 0.103. The summed E-state index contributed by atoms with van der Waals surface area (Å²) in [6.45, 7) is 0.377. The van der Waals surface area contributed by atoms with Crippen LogP contribution < -0.4 is 9.47 Å². The van der Waals surface area contributed by atoms with E-state index in [1.165, 1.54) is 0 Å². The molecule has 5 nitrogen and oxygen atoms in total. The van der Waals surface area contributed by atoms with Crippen LogP contribution in [0.3, 0.4) is 0 Å². The fraction of sp³-hybridized carbons (Fsp3) is 0.308. The van der Waals surface area contributed by atoms with E-state index >= 15 is 0 Å². The van der Waals surface area contributed by atoms with Crippen molar-refractivity contribution in [2.24, 2.45) is 7.05 Å². The van der Waals surface area contributed by atoms with Gasteiger partial charge in [-0.3, -0.25) is 0 Å². The summed E-state index contributed by atoms with van der Waals surface area (Å²) in [6.07, 6.45) is 2.50. The van der Waals surface area contributed by atoms with Gasteiger partial charge >= 0.3 is 0 Å². The van der Waals surface area contributed by atoms with E-state index in [0.717, 1.165) is 28.6 Å². The number of aryl methyl sites for hydroxylation is 1. The number of fused-ring (bicyclic) bond motifs is 1. The summed E-state index contributed by atoms with van der Waals surface area (Å²) in [7, 11) is 1.93. The summed E-state index contributed by atoms with van der Waals surface area (Å²) >= 11 is 0. The Morgan fingerprint density at radius 1 is 1.33 bits per heavy atom. The number of imidazole rings is 1. The topological polar surface area (TPSA) is 56.5 Å². The molecule has 2 heterocycles. The average molecular weight is 246 g/mol. The van der Waals surface area contributed by atoms with Gasteiger partial charge in [-0.25, -0.2) is 4.98 Å². The molecule has 5 heteroatoms. The van der Waals surface area contributed by atoms with Crippen LogP contribution in [-0.4, -0.2) is 28.1 Å². The number of rotatable bonds is 3. The highest BCUT2D eigenvalue weighted by molar-refractivity contribution is 5.64. The van der Waals surface area contributed by atoms with Gasteiger partial charge in [0.15, 0.2) is 11.5 Å². The van der Waals surface area contributed by atoms with Gasteiger partial charge in [0, 0.05) is 25.2 Å². The number of nitrogens with zero attached hydrogens (tertiary/aromatic N) is 2. The van der Waals surface area contributed by atoms with E-state index in [1.54, 1.807) is 0 Å². The molecule has 1 aliphatic rings. The molecule has 0 radical (unpaired) electrons. The monoisotopic (exact) mass is 246 g/mol. The van der Waals surface area contributed by atoms with Gasteiger partial charge in [0.05, 0.1) is 12.3 Å². The Hall–Kier alpha value is -2.01. The Morgan fingerprint density at radius 2 is 2.17 bits per heavy atom. The highest BCUT2D eigenvalue weighted by Crippen LogP contribution is 2.35. The third-order valence-electron chi connectivity index (χ3n) is 2.98. The van der Waals surface area contributed by atoms with Crippen LogP contribution in [0.5, 0.6) is 11.5 Å². The second kappa shape index (κ2) is 4.34. The van der Waals surface area contributed by atoms with Crippen molar-refractivity contribution < 1.29 is 14.6 Å². The molecule has 0 atom stereocenters. The number of hydrogen-bond acceptors (Lipinski definition) is 4. The highest BCUT2D eigenvalue weighted by atomic mass is 16.7. The van der Waals surface area contributed by atoms with E-state index in [0.29, 0.717) is 6.42 Å². The number of aliphatic hydroxyl groups is 1. The maximum Gasteiger partial charge on any atom is 0.231 e. The van der Waals surface area contributed by atoms with Crippen molar-refractivity contribution in [2.45, 2.75) is 6.42 Å².